The van der Waals surface area contributed by atoms with E-state index in [1.54, 1.807) is 0 Å². The molecule has 0 heterocycles. The van der Waals surface area contributed by atoms with Gasteiger partial charge in [0.15, 0.2) is 0 Å². The van der Waals surface area contributed by atoms with Crippen molar-refractivity contribution in [2.75, 3.05) is 19.8 Å². The summed E-state index contributed by atoms with van der Waals surface area (Å²) in [5, 5.41) is 6.04. The van der Waals surface area contributed by atoms with Crippen molar-refractivity contribution in [1.29, 1.82) is 0 Å². The van der Waals surface area contributed by atoms with Crippen LogP contribution >= 0.6 is 0 Å². The lowest BCUT2D eigenvalue weighted by Gasteiger charge is -2.32. The van der Waals surface area contributed by atoms with E-state index in [0.717, 1.165) is 6.42 Å². The Morgan fingerprint density at radius 1 is 1.00 bits per heavy atom. The standard InChI is InChI=1S/C12H29NO3Si/c1-7-11(12(4,5)6)10-16-17(13,14-8-2)15-9-3/h11H,7-10,13H2,1-6H3. The molecule has 0 saturated heterocycles. The first kappa shape index (κ1) is 17.1. The minimum absolute atomic E-state index is 0.211. The molecule has 104 valence electrons. The fourth-order valence-corrected chi connectivity index (χ4v) is 3.21. The summed E-state index contributed by atoms with van der Waals surface area (Å²) in [7, 11) is -2.91. The van der Waals surface area contributed by atoms with Crippen LogP contribution in [0.4, 0.5) is 0 Å². The Morgan fingerprint density at radius 3 is 1.76 bits per heavy atom. The normalized spacial score (nSPS) is 15.0. The lowest BCUT2D eigenvalue weighted by atomic mass is 9.80. The zero-order valence-electron chi connectivity index (χ0n) is 12.2. The molecule has 0 radical (unpaired) electrons. The number of hydrogen-bond acceptors (Lipinski definition) is 4. The van der Waals surface area contributed by atoms with Gasteiger partial charge in [0.05, 0.1) is 0 Å². The van der Waals surface area contributed by atoms with E-state index in [4.69, 9.17) is 18.7 Å². The second-order valence-electron chi connectivity index (χ2n) is 5.25. The first-order valence-corrected chi connectivity index (χ1v) is 8.30. The average molecular weight is 263 g/mol. The minimum Gasteiger partial charge on any atom is -0.362 e. The zero-order valence-corrected chi connectivity index (χ0v) is 13.2. The van der Waals surface area contributed by atoms with Gasteiger partial charge in [-0.05, 0) is 25.2 Å². The molecule has 0 amide bonds. The highest BCUT2D eigenvalue weighted by atomic mass is 28.4. The minimum atomic E-state index is -2.91. The van der Waals surface area contributed by atoms with Crippen LogP contribution in [0.25, 0.3) is 0 Å². The van der Waals surface area contributed by atoms with Crippen molar-refractivity contribution < 1.29 is 13.3 Å². The molecule has 5 heteroatoms. The van der Waals surface area contributed by atoms with Crippen LogP contribution in [-0.4, -0.2) is 28.8 Å². The Hall–Kier alpha value is 0.0569. The third kappa shape index (κ3) is 6.52. The molecule has 0 saturated carbocycles. The van der Waals surface area contributed by atoms with Crippen LogP contribution < -0.4 is 5.40 Å². The molecule has 17 heavy (non-hydrogen) atoms. The van der Waals surface area contributed by atoms with Crippen LogP contribution in [0.1, 0.15) is 48.0 Å². The molecular weight excluding hydrogens is 234 g/mol. The maximum Gasteiger partial charge on any atom is 0.594 e. The summed E-state index contributed by atoms with van der Waals surface area (Å²) in [6, 6.07) is 0. The van der Waals surface area contributed by atoms with Crippen LogP contribution in [-0.2, 0) is 13.3 Å². The molecule has 1 atom stereocenters. The second kappa shape index (κ2) is 7.48. The van der Waals surface area contributed by atoms with Crippen LogP contribution in [0.15, 0.2) is 0 Å². The third-order valence-corrected chi connectivity index (χ3v) is 4.85. The van der Waals surface area contributed by atoms with Crippen LogP contribution in [0.3, 0.4) is 0 Å². The van der Waals surface area contributed by atoms with Crippen molar-refractivity contribution >= 4 is 8.97 Å². The molecule has 0 aromatic rings. The van der Waals surface area contributed by atoms with Gasteiger partial charge in [0.25, 0.3) is 0 Å². The Morgan fingerprint density at radius 2 is 1.47 bits per heavy atom. The van der Waals surface area contributed by atoms with Gasteiger partial charge in [-0.15, -0.1) is 0 Å². The van der Waals surface area contributed by atoms with Gasteiger partial charge in [-0.2, -0.15) is 0 Å². The van der Waals surface area contributed by atoms with Gasteiger partial charge >= 0.3 is 8.97 Å². The molecule has 0 spiro atoms. The van der Waals surface area contributed by atoms with E-state index >= 15 is 0 Å². The first-order valence-electron chi connectivity index (χ1n) is 6.49. The highest BCUT2D eigenvalue weighted by Gasteiger charge is 2.38. The largest absolute Gasteiger partial charge is 0.594 e. The second-order valence-corrected chi connectivity index (χ2v) is 7.32. The molecule has 0 aromatic carbocycles. The maximum atomic E-state index is 6.04. The molecule has 0 aliphatic carbocycles. The summed E-state index contributed by atoms with van der Waals surface area (Å²) in [4.78, 5) is 0. The van der Waals surface area contributed by atoms with Crippen LogP contribution in [0.5, 0.6) is 0 Å². The topological polar surface area (TPSA) is 53.7 Å². The van der Waals surface area contributed by atoms with Gasteiger partial charge in [-0.3, -0.25) is 5.40 Å². The summed E-state index contributed by atoms with van der Waals surface area (Å²) in [6.07, 6.45) is 1.06. The SMILES string of the molecule is CCO[Si](N)(OCC)OCC(CC)C(C)(C)C. The summed E-state index contributed by atoms with van der Waals surface area (Å²) >= 11 is 0. The van der Waals surface area contributed by atoms with Crippen molar-refractivity contribution in [2.45, 2.75) is 48.0 Å². The summed E-state index contributed by atoms with van der Waals surface area (Å²) in [5.74, 6) is 0.457. The van der Waals surface area contributed by atoms with Gasteiger partial charge in [0.2, 0.25) is 0 Å². The van der Waals surface area contributed by atoms with Gasteiger partial charge in [0, 0.05) is 19.8 Å². The molecule has 0 fully saturated rings. The van der Waals surface area contributed by atoms with E-state index in [0.29, 0.717) is 25.7 Å². The van der Waals surface area contributed by atoms with E-state index in [1.807, 2.05) is 13.8 Å². The molecule has 0 rings (SSSR count). The lowest BCUT2D eigenvalue weighted by molar-refractivity contribution is 0.0358. The van der Waals surface area contributed by atoms with E-state index in [-0.39, 0.29) is 5.41 Å². The van der Waals surface area contributed by atoms with Crippen LogP contribution in [0, 0.1) is 11.3 Å². The molecule has 0 aliphatic heterocycles. The summed E-state index contributed by atoms with van der Waals surface area (Å²) in [5.41, 5.74) is 0.211. The molecule has 4 nitrogen and oxygen atoms in total. The first-order chi connectivity index (χ1) is 7.79. The van der Waals surface area contributed by atoms with Gasteiger partial charge in [-0.25, -0.2) is 0 Å². The molecular formula is C12H29NO3Si. The highest BCUT2D eigenvalue weighted by molar-refractivity contribution is 6.56. The number of rotatable bonds is 8. The molecule has 1 unspecified atom stereocenters. The monoisotopic (exact) mass is 263 g/mol. The summed E-state index contributed by atoms with van der Waals surface area (Å²) < 4.78 is 16.7. The van der Waals surface area contributed by atoms with E-state index in [2.05, 4.69) is 27.7 Å². The molecule has 0 bridgehead atoms. The van der Waals surface area contributed by atoms with Crippen LogP contribution in [0.2, 0.25) is 0 Å². The average Bonchev–Trinajstić information content (AvgIpc) is 2.17. The van der Waals surface area contributed by atoms with E-state index < -0.39 is 8.97 Å². The quantitative estimate of drug-likeness (QED) is 0.684. The highest BCUT2D eigenvalue weighted by Crippen LogP contribution is 2.29. The lowest BCUT2D eigenvalue weighted by Crippen LogP contribution is -2.56. The van der Waals surface area contributed by atoms with Crippen molar-refractivity contribution in [3.05, 3.63) is 0 Å². The third-order valence-electron chi connectivity index (χ3n) is 2.89. The van der Waals surface area contributed by atoms with Crippen molar-refractivity contribution in [1.82, 2.24) is 0 Å². The van der Waals surface area contributed by atoms with Gasteiger partial charge < -0.3 is 13.3 Å². The Labute approximate surface area is 107 Å². The fraction of sp³-hybridized carbons (Fsp3) is 1.00. The predicted octanol–water partition coefficient (Wildman–Crippen LogP) is 2.54. The van der Waals surface area contributed by atoms with Gasteiger partial charge in [-0.1, -0.05) is 34.1 Å². The van der Waals surface area contributed by atoms with Crippen molar-refractivity contribution in [2.24, 2.45) is 16.7 Å². The number of nitrogens with two attached hydrogens (primary N) is 1. The Kier molecular flexibility index (Phi) is 7.51. The van der Waals surface area contributed by atoms with Gasteiger partial charge in [0.1, 0.15) is 0 Å². The molecule has 0 aromatic heterocycles. The van der Waals surface area contributed by atoms with E-state index in [1.165, 1.54) is 0 Å². The number of hydrogen-bond donors (Lipinski definition) is 1. The zero-order chi connectivity index (χ0) is 13.5. The van der Waals surface area contributed by atoms with E-state index in [9.17, 15) is 0 Å². The Balaban J connectivity index is 4.37. The van der Waals surface area contributed by atoms with Crippen molar-refractivity contribution in [3.63, 3.8) is 0 Å². The Bertz CT molecular complexity index is 200. The van der Waals surface area contributed by atoms with Crippen molar-refractivity contribution in [3.8, 4) is 0 Å². The molecule has 0 aliphatic rings. The fourth-order valence-electron chi connectivity index (χ4n) is 1.72. The molecule has 2 N–H and O–H groups in total. The summed E-state index contributed by atoms with van der Waals surface area (Å²) in [6.45, 7) is 14.3. The predicted molar refractivity (Wildman–Crippen MR) is 72.4 cm³/mol. The maximum absolute atomic E-state index is 6.04. The smallest absolute Gasteiger partial charge is 0.362 e.